The summed E-state index contributed by atoms with van der Waals surface area (Å²) in [5.41, 5.74) is -0.117. The number of fused-ring (bicyclic) bond motifs is 4. The van der Waals surface area contributed by atoms with Crippen LogP contribution < -0.4 is 14.4 Å². The van der Waals surface area contributed by atoms with E-state index in [0.29, 0.717) is 29.2 Å². The van der Waals surface area contributed by atoms with E-state index < -0.39 is 40.5 Å². The number of hydrogen-bond acceptors (Lipinski definition) is 7. The summed E-state index contributed by atoms with van der Waals surface area (Å²) in [5.74, 6) is -3.69. The highest BCUT2D eigenvalue weighted by Gasteiger charge is 2.68. The molecule has 6 unspecified atom stereocenters. The number of benzene rings is 2. The van der Waals surface area contributed by atoms with Gasteiger partial charge in [0.25, 0.3) is 0 Å². The van der Waals surface area contributed by atoms with E-state index in [4.69, 9.17) is 9.47 Å². The molecule has 1 saturated carbocycles. The molecule has 6 atom stereocenters. The first-order valence-electron chi connectivity index (χ1n) is 14.3. The maximum atomic E-state index is 14.5. The van der Waals surface area contributed by atoms with Crippen molar-refractivity contribution in [2.45, 2.75) is 52.0 Å². The number of likely N-dealkylation sites (tertiary alicyclic amines) is 1. The van der Waals surface area contributed by atoms with Gasteiger partial charge in [0.2, 0.25) is 23.6 Å². The van der Waals surface area contributed by atoms with E-state index in [-0.39, 0.29) is 35.8 Å². The maximum absolute atomic E-state index is 14.5. The second-order valence-electron chi connectivity index (χ2n) is 12.9. The Morgan fingerprint density at radius 2 is 1.52 bits per heavy atom. The molecule has 42 heavy (non-hydrogen) atoms. The number of anilines is 1. The van der Waals surface area contributed by atoms with Crippen molar-refractivity contribution in [3.8, 4) is 17.2 Å². The van der Waals surface area contributed by atoms with Gasteiger partial charge in [-0.2, -0.15) is 0 Å². The van der Waals surface area contributed by atoms with E-state index in [1.165, 1.54) is 36.2 Å². The summed E-state index contributed by atoms with van der Waals surface area (Å²) in [6, 6.07) is 11.8. The van der Waals surface area contributed by atoms with Crippen molar-refractivity contribution >= 4 is 29.3 Å². The van der Waals surface area contributed by atoms with Crippen LogP contribution in [0.4, 0.5) is 5.69 Å². The van der Waals surface area contributed by atoms with Gasteiger partial charge in [0.1, 0.15) is 17.2 Å². The minimum Gasteiger partial charge on any atom is -0.508 e. The number of rotatable bonds is 4. The Hall–Kier alpha value is -4.14. The Labute approximate surface area is 245 Å². The lowest BCUT2D eigenvalue weighted by molar-refractivity contribution is -0.145. The molecule has 2 saturated heterocycles. The maximum Gasteiger partial charge on any atom is 0.241 e. The SMILES string of the molecule is COc1cc(O)cc(OC)c1C1C2=CCC3C(=O)N(C(C)(C)C)C(=O)C3C2CC2C(=O)N(c3ccccc3)C(=O)C21C. The van der Waals surface area contributed by atoms with E-state index in [1.54, 1.807) is 24.3 Å². The zero-order valence-electron chi connectivity index (χ0n) is 24.7. The van der Waals surface area contributed by atoms with Gasteiger partial charge in [-0.1, -0.05) is 29.8 Å². The number of carbonyl (C=O) groups excluding carboxylic acids is 4. The van der Waals surface area contributed by atoms with Crippen molar-refractivity contribution in [3.63, 3.8) is 0 Å². The first-order valence-corrected chi connectivity index (χ1v) is 14.3. The second-order valence-corrected chi connectivity index (χ2v) is 12.9. The topological polar surface area (TPSA) is 113 Å². The zero-order chi connectivity index (χ0) is 30.3. The van der Waals surface area contributed by atoms with Crippen molar-refractivity contribution in [3.05, 3.63) is 59.7 Å². The second kappa shape index (κ2) is 9.44. The summed E-state index contributed by atoms with van der Waals surface area (Å²) in [5, 5.41) is 10.4. The number of hydrogen-bond donors (Lipinski definition) is 1. The number of phenols is 1. The molecule has 2 heterocycles. The van der Waals surface area contributed by atoms with E-state index in [2.05, 4.69) is 0 Å². The monoisotopic (exact) mass is 572 g/mol. The minimum absolute atomic E-state index is 0.0728. The number of allylic oxidation sites excluding steroid dienone is 2. The Balaban J connectivity index is 1.59. The number of phenolic OH excluding ortho intramolecular Hbond substituents is 1. The number of carbonyl (C=O) groups is 4. The normalized spacial score (nSPS) is 30.6. The molecule has 0 bridgehead atoms. The van der Waals surface area contributed by atoms with Gasteiger partial charge in [0.15, 0.2) is 0 Å². The van der Waals surface area contributed by atoms with Crippen molar-refractivity contribution in [2.24, 2.45) is 29.1 Å². The summed E-state index contributed by atoms with van der Waals surface area (Å²) in [6.07, 6.45) is 2.59. The Kier molecular flexibility index (Phi) is 6.29. The summed E-state index contributed by atoms with van der Waals surface area (Å²) in [4.78, 5) is 59.0. The summed E-state index contributed by atoms with van der Waals surface area (Å²) in [6.45, 7) is 7.35. The van der Waals surface area contributed by atoms with Gasteiger partial charge in [0.05, 0.1) is 43.1 Å². The first-order chi connectivity index (χ1) is 19.9. The molecule has 0 aromatic heterocycles. The fourth-order valence-electron chi connectivity index (χ4n) is 8.02. The number of aromatic hydroxyl groups is 1. The summed E-state index contributed by atoms with van der Waals surface area (Å²) >= 11 is 0. The van der Waals surface area contributed by atoms with Crippen molar-refractivity contribution < 1.29 is 33.8 Å². The number of methoxy groups -OCH3 is 2. The van der Waals surface area contributed by atoms with E-state index in [9.17, 15) is 24.3 Å². The fourth-order valence-corrected chi connectivity index (χ4v) is 8.02. The zero-order valence-corrected chi connectivity index (χ0v) is 24.7. The molecule has 9 heteroatoms. The van der Waals surface area contributed by atoms with Crippen LogP contribution in [0, 0.1) is 29.1 Å². The molecule has 220 valence electrons. The third-order valence-corrected chi connectivity index (χ3v) is 9.78. The van der Waals surface area contributed by atoms with E-state index >= 15 is 0 Å². The number of amides is 4. The predicted molar refractivity (Wildman–Crippen MR) is 154 cm³/mol. The highest BCUT2D eigenvalue weighted by molar-refractivity contribution is 6.24. The lowest BCUT2D eigenvalue weighted by Gasteiger charge is -2.49. The van der Waals surface area contributed by atoms with Crippen LogP contribution in [-0.4, -0.2) is 53.4 Å². The van der Waals surface area contributed by atoms with Gasteiger partial charge in [-0.3, -0.25) is 24.1 Å². The number of nitrogens with zero attached hydrogens (tertiary/aromatic N) is 2. The standard InChI is InChI=1S/C33H36N2O7/c1-32(2,3)35-28(37)20-13-12-19-21(25(20)30(35)39)16-22-29(38)34(17-10-8-7-9-11-17)31(40)33(22,4)27(19)26-23(41-5)14-18(36)15-24(26)42-6/h7-12,14-15,20-22,25,27,36H,13,16H2,1-6H3. The average Bonchev–Trinajstić information content (AvgIpc) is 3.33. The molecule has 2 aliphatic carbocycles. The first kappa shape index (κ1) is 28.0. The van der Waals surface area contributed by atoms with Crippen molar-refractivity contribution in [1.82, 2.24) is 4.90 Å². The van der Waals surface area contributed by atoms with Crippen molar-refractivity contribution in [1.29, 1.82) is 0 Å². The van der Waals surface area contributed by atoms with Crippen LogP contribution in [0.15, 0.2) is 54.1 Å². The molecule has 6 rings (SSSR count). The van der Waals surface area contributed by atoms with Gasteiger partial charge in [0, 0.05) is 29.2 Å². The summed E-state index contributed by atoms with van der Waals surface area (Å²) in [7, 11) is 2.95. The van der Waals surface area contributed by atoms with Crippen LogP contribution in [0.25, 0.3) is 0 Å². The van der Waals surface area contributed by atoms with Crippen LogP contribution in [0.2, 0.25) is 0 Å². The highest BCUT2D eigenvalue weighted by Crippen LogP contribution is 2.65. The third-order valence-electron chi connectivity index (χ3n) is 9.78. The molecule has 9 nitrogen and oxygen atoms in total. The smallest absolute Gasteiger partial charge is 0.241 e. The molecule has 2 aliphatic heterocycles. The Bertz CT molecular complexity index is 1520. The number of para-hydroxylation sites is 1. The van der Waals surface area contributed by atoms with Gasteiger partial charge in [-0.25, -0.2) is 4.90 Å². The van der Waals surface area contributed by atoms with Gasteiger partial charge < -0.3 is 14.6 Å². The molecule has 4 amide bonds. The highest BCUT2D eigenvalue weighted by atomic mass is 16.5. The molecular weight excluding hydrogens is 536 g/mol. The lowest BCUT2D eigenvalue weighted by atomic mass is 9.51. The Morgan fingerprint density at radius 1 is 0.905 bits per heavy atom. The molecule has 1 N–H and O–H groups in total. The molecule has 2 aromatic carbocycles. The molecule has 0 spiro atoms. The van der Waals surface area contributed by atoms with Crippen LogP contribution in [0.5, 0.6) is 17.2 Å². The number of ether oxygens (including phenoxy) is 2. The number of imide groups is 2. The van der Waals surface area contributed by atoms with Crippen LogP contribution in [0.3, 0.4) is 0 Å². The largest absolute Gasteiger partial charge is 0.508 e. The van der Waals surface area contributed by atoms with Gasteiger partial charge >= 0.3 is 0 Å². The van der Waals surface area contributed by atoms with E-state index in [1.807, 2.05) is 39.8 Å². The molecule has 4 aliphatic rings. The van der Waals surface area contributed by atoms with Crippen LogP contribution >= 0.6 is 0 Å². The fraction of sp³-hybridized carbons (Fsp3) is 0.455. The summed E-state index contributed by atoms with van der Waals surface area (Å²) < 4.78 is 11.5. The molecular formula is C33H36N2O7. The van der Waals surface area contributed by atoms with Crippen molar-refractivity contribution in [2.75, 3.05) is 19.1 Å². The van der Waals surface area contributed by atoms with Gasteiger partial charge in [-0.15, -0.1) is 0 Å². The minimum atomic E-state index is -1.25. The molecule has 3 fully saturated rings. The van der Waals surface area contributed by atoms with Gasteiger partial charge in [-0.05, 0) is 58.6 Å². The van der Waals surface area contributed by atoms with Crippen LogP contribution in [0.1, 0.15) is 52.0 Å². The Morgan fingerprint density at radius 3 is 2.10 bits per heavy atom. The average molecular weight is 573 g/mol. The van der Waals surface area contributed by atoms with Crippen LogP contribution in [-0.2, 0) is 19.2 Å². The molecule has 2 aromatic rings. The third kappa shape index (κ3) is 3.68. The predicted octanol–water partition coefficient (Wildman–Crippen LogP) is 4.44. The lowest BCUT2D eigenvalue weighted by Crippen LogP contribution is -2.49. The quantitative estimate of drug-likeness (QED) is 0.426. The van der Waals surface area contributed by atoms with E-state index in [0.717, 1.165) is 5.57 Å². The molecule has 0 radical (unpaired) electrons.